The molecule has 140 valence electrons. The van der Waals surface area contributed by atoms with Crippen LogP contribution in [0.2, 0.25) is 0 Å². The Bertz CT molecular complexity index is 726. The molecule has 3 N–H and O–H groups in total. The predicted octanol–water partition coefficient (Wildman–Crippen LogP) is 1.16. The highest BCUT2D eigenvalue weighted by molar-refractivity contribution is 7.99. The molecule has 10 heteroatoms. The van der Waals surface area contributed by atoms with E-state index in [1.165, 1.54) is 11.3 Å². The van der Waals surface area contributed by atoms with Crippen LogP contribution < -0.4 is 5.14 Å². The molecule has 0 bridgehead atoms. The van der Waals surface area contributed by atoms with Gasteiger partial charge in [-0.05, 0) is 36.9 Å². The molecule has 0 radical (unpaired) electrons. The molecule has 25 heavy (non-hydrogen) atoms. The number of thiophene rings is 1. The Labute approximate surface area is 156 Å². The fraction of sp³-hybridized carbons (Fsp3) is 0.600. The summed E-state index contributed by atoms with van der Waals surface area (Å²) in [6.07, 6.45) is 3.69. The first kappa shape index (κ1) is 19.2. The molecule has 0 spiro atoms. The molecule has 0 atom stereocenters. The van der Waals surface area contributed by atoms with Crippen molar-refractivity contribution >= 4 is 39.4 Å². The van der Waals surface area contributed by atoms with E-state index in [0.717, 1.165) is 67.7 Å². The zero-order chi connectivity index (χ0) is 17.9. The number of aliphatic hydroxyl groups excluding tert-OH is 1. The predicted molar refractivity (Wildman–Crippen MR) is 99.8 cm³/mol. The van der Waals surface area contributed by atoms with Crippen molar-refractivity contribution in [2.24, 2.45) is 5.14 Å². The molecule has 0 unspecified atom stereocenters. The van der Waals surface area contributed by atoms with E-state index in [-0.39, 0.29) is 10.8 Å². The molecule has 3 heterocycles. The molecule has 7 nitrogen and oxygen atoms in total. The molecule has 2 aliphatic heterocycles. The van der Waals surface area contributed by atoms with Gasteiger partial charge in [-0.15, -0.1) is 11.3 Å². The molecule has 1 aromatic heterocycles. The lowest BCUT2D eigenvalue weighted by Gasteiger charge is -2.34. The normalized spacial score (nSPS) is 19.0. The van der Waals surface area contributed by atoms with Crippen molar-refractivity contribution in [3.8, 4) is 0 Å². The zero-order valence-corrected chi connectivity index (χ0v) is 16.3. The maximum atomic E-state index is 11.6. The highest BCUT2D eigenvalue weighted by Crippen LogP contribution is 2.42. The van der Waals surface area contributed by atoms with Gasteiger partial charge in [0.1, 0.15) is 4.21 Å². The molecule has 1 saturated heterocycles. The molecular formula is C15H23N3O4S3. The van der Waals surface area contributed by atoms with Crippen LogP contribution in [0.15, 0.2) is 20.2 Å². The minimum absolute atomic E-state index is 0.181. The molecular weight excluding hydrogens is 382 g/mol. The van der Waals surface area contributed by atoms with Crippen LogP contribution >= 0.6 is 23.3 Å². The second kappa shape index (κ2) is 8.38. The highest BCUT2D eigenvalue weighted by Gasteiger charge is 2.25. The maximum Gasteiger partial charge on any atom is 0.247 e. The van der Waals surface area contributed by atoms with Crippen molar-refractivity contribution in [2.45, 2.75) is 21.3 Å². The minimum atomic E-state index is -3.68. The Kier molecular flexibility index (Phi) is 6.42. The van der Waals surface area contributed by atoms with Crippen LogP contribution in [-0.4, -0.2) is 68.7 Å². The van der Waals surface area contributed by atoms with Crippen molar-refractivity contribution in [1.29, 1.82) is 0 Å². The summed E-state index contributed by atoms with van der Waals surface area (Å²) in [7, 11) is -3.68. The average molecular weight is 406 g/mol. The molecule has 1 aromatic rings. The van der Waals surface area contributed by atoms with Crippen molar-refractivity contribution in [3.63, 3.8) is 0 Å². The van der Waals surface area contributed by atoms with Crippen LogP contribution in [0.4, 0.5) is 0 Å². The third-order valence-electron chi connectivity index (χ3n) is 4.08. The van der Waals surface area contributed by atoms with Gasteiger partial charge in [-0.1, -0.05) is 0 Å². The van der Waals surface area contributed by atoms with Gasteiger partial charge in [-0.2, -0.15) is 0 Å². The third kappa shape index (κ3) is 4.97. The van der Waals surface area contributed by atoms with E-state index in [4.69, 9.17) is 15.0 Å². The van der Waals surface area contributed by atoms with Gasteiger partial charge in [-0.3, -0.25) is 4.90 Å². The van der Waals surface area contributed by atoms with E-state index in [1.807, 2.05) is 0 Å². The number of ether oxygens (including phenoxy) is 1. The van der Waals surface area contributed by atoms with Gasteiger partial charge < -0.3 is 14.1 Å². The van der Waals surface area contributed by atoms with E-state index in [2.05, 4.69) is 15.3 Å². The number of morpholine rings is 1. The number of rotatable bonds is 7. The number of hydrogen-bond acceptors (Lipinski definition) is 8. The van der Waals surface area contributed by atoms with Gasteiger partial charge in [0.05, 0.1) is 17.4 Å². The Balaban J connectivity index is 1.81. The minimum Gasteiger partial charge on any atom is -0.396 e. The van der Waals surface area contributed by atoms with Crippen molar-refractivity contribution in [2.75, 3.05) is 46.0 Å². The number of nitrogens with two attached hydrogens (primary N) is 1. The summed E-state index contributed by atoms with van der Waals surface area (Å²) in [6.45, 7) is 5.06. The summed E-state index contributed by atoms with van der Waals surface area (Å²) in [6, 6.07) is 1.66. The summed E-state index contributed by atoms with van der Waals surface area (Å²) in [5, 5.41) is 14.3. The number of unbranched alkanes of at least 4 members (excludes halogenated alkanes) is 1. The van der Waals surface area contributed by atoms with Crippen molar-refractivity contribution < 1.29 is 18.3 Å². The smallest absolute Gasteiger partial charge is 0.247 e. The maximum absolute atomic E-state index is 11.6. The lowest BCUT2D eigenvalue weighted by Crippen LogP contribution is -2.39. The van der Waals surface area contributed by atoms with Crippen molar-refractivity contribution in [1.82, 2.24) is 9.21 Å². The largest absolute Gasteiger partial charge is 0.396 e. The number of fused-ring (bicyclic) bond motifs is 1. The van der Waals surface area contributed by atoms with Gasteiger partial charge in [0.15, 0.2) is 0 Å². The second-order valence-electron chi connectivity index (χ2n) is 6.00. The Morgan fingerprint density at radius 1 is 1.28 bits per heavy atom. The Hall–Kier alpha value is -0.620. The number of aliphatic hydroxyl groups is 1. The van der Waals surface area contributed by atoms with E-state index in [9.17, 15) is 8.42 Å². The number of nitrogens with zero attached hydrogens (tertiary/aromatic N) is 2. The van der Waals surface area contributed by atoms with E-state index >= 15 is 0 Å². The van der Waals surface area contributed by atoms with Crippen LogP contribution in [0.3, 0.4) is 0 Å². The molecule has 0 aliphatic carbocycles. The van der Waals surface area contributed by atoms with E-state index in [1.54, 1.807) is 18.0 Å². The van der Waals surface area contributed by atoms with Gasteiger partial charge >= 0.3 is 0 Å². The molecule has 0 aromatic carbocycles. The molecule has 0 amide bonds. The van der Waals surface area contributed by atoms with E-state index in [0.29, 0.717) is 0 Å². The fourth-order valence-corrected chi connectivity index (χ4v) is 6.09. The van der Waals surface area contributed by atoms with Crippen LogP contribution in [0, 0.1) is 0 Å². The summed E-state index contributed by atoms with van der Waals surface area (Å²) in [5.74, 6) is 0. The first-order chi connectivity index (χ1) is 12.0. The van der Waals surface area contributed by atoms with Crippen LogP contribution in [-0.2, 0) is 14.8 Å². The second-order valence-corrected chi connectivity index (χ2v) is 10.1. The van der Waals surface area contributed by atoms with Gasteiger partial charge in [-0.25, -0.2) is 13.6 Å². The Morgan fingerprint density at radius 2 is 2.04 bits per heavy atom. The number of hydrogen-bond donors (Lipinski definition) is 2. The lowest BCUT2D eigenvalue weighted by molar-refractivity contribution is 0.0407. The number of sulfonamides is 1. The first-order valence-electron chi connectivity index (χ1n) is 8.21. The van der Waals surface area contributed by atoms with Gasteiger partial charge in [0.2, 0.25) is 10.0 Å². The standard InChI is InChI=1S/C15H23N3O4S3/c16-25(20,21)14-10-12-9-13(11-17-4-7-22-8-5-17)18(3-1-2-6-19)24-15(12)23-14/h9-10,19H,1-8,11H2,(H2,16,20,21). The van der Waals surface area contributed by atoms with Gasteiger partial charge in [0.25, 0.3) is 0 Å². The van der Waals surface area contributed by atoms with Gasteiger partial charge in [0, 0.05) is 44.0 Å². The molecule has 3 rings (SSSR count). The summed E-state index contributed by atoms with van der Waals surface area (Å²) >= 11 is 2.78. The SMILES string of the molecule is NS(=O)(=O)c1cc2c(s1)SN(CCCCO)C(CN1CCOCC1)=C2. The molecule has 2 aliphatic rings. The molecule has 1 fully saturated rings. The van der Waals surface area contributed by atoms with Crippen molar-refractivity contribution in [3.05, 3.63) is 17.3 Å². The zero-order valence-electron chi connectivity index (χ0n) is 13.9. The number of primary sulfonamides is 1. The Morgan fingerprint density at radius 3 is 2.72 bits per heavy atom. The lowest BCUT2D eigenvalue weighted by atomic mass is 10.2. The first-order valence-corrected chi connectivity index (χ1v) is 11.3. The summed E-state index contributed by atoms with van der Waals surface area (Å²) in [5.41, 5.74) is 2.07. The monoisotopic (exact) mass is 405 g/mol. The summed E-state index contributed by atoms with van der Waals surface area (Å²) in [4.78, 5) is 2.34. The third-order valence-corrected chi connectivity index (χ3v) is 7.96. The fourth-order valence-electron chi connectivity index (χ4n) is 2.76. The van der Waals surface area contributed by atoms with E-state index < -0.39 is 10.0 Å². The van der Waals surface area contributed by atoms with Crippen LogP contribution in [0.5, 0.6) is 0 Å². The summed E-state index contributed by atoms with van der Waals surface area (Å²) < 4.78 is 32.0. The van der Waals surface area contributed by atoms with Crippen LogP contribution in [0.25, 0.3) is 6.08 Å². The molecule has 0 saturated carbocycles. The van der Waals surface area contributed by atoms with Crippen LogP contribution in [0.1, 0.15) is 18.4 Å². The topological polar surface area (TPSA) is 96.1 Å². The highest BCUT2D eigenvalue weighted by atomic mass is 32.3. The average Bonchev–Trinajstić information content (AvgIpc) is 2.99. The quantitative estimate of drug-likeness (QED) is 0.519.